The van der Waals surface area contributed by atoms with E-state index in [1.54, 1.807) is 0 Å². The molecule has 0 saturated carbocycles. The maximum atomic E-state index is 10.6. The third kappa shape index (κ3) is 2.63. The maximum Gasteiger partial charge on any atom is 0.203 e. The highest BCUT2D eigenvalue weighted by Gasteiger charge is 2.17. The summed E-state index contributed by atoms with van der Waals surface area (Å²) in [6, 6.07) is 3.82. The normalized spacial score (nSPS) is 11.0. The highest BCUT2D eigenvalue weighted by Crippen LogP contribution is 2.34. The average Bonchev–Trinajstić information content (AvgIpc) is 2.78. The molecule has 0 radical (unpaired) electrons. The fourth-order valence-electron chi connectivity index (χ4n) is 2.37. The predicted molar refractivity (Wildman–Crippen MR) is 84.0 cm³/mol. The molecule has 0 aliphatic carbocycles. The molecule has 0 saturated heterocycles. The minimum Gasteiger partial charge on any atom is -0.370 e. The first-order valence-corrected chi connectivity index (χ1v) is 7.42. The summed E-state index contributed by atoms with van der Waals surface area (Å²) in [5, 5.41) is 0.936. The van der Waals surface area contributed by atoms with Gasteiger partial charge in [-0.2, -0.15) is 0 Å². The molecule has 0 amide bonds. The topological polar surface area (TPSA) is 38.1 Å². The van der Waals surface area contributed by atoms with E-state index in [2.05, 4.69) is 23.7 Å². The molecule has 1 aromatic heterocycles. The smallest absolute Gasteiger partial charge is 0.203 e. The Morgan fingerprint density at radius 1 is 1.30 bits per heavy atom. The molecule has 0 N–H and O–H groups in total. The van der Waals surface area contributed by atoms with E-state index in [1.807, 2.05) is 16.7 Å². The number of carbonyl (C=O) groups is 1. The third-order valence-corrected chi connectivity index (χ3v) is 3.95. The van der Waals surface area contributed by atoms with Gasteiger partial charge in [-0.3, -0.25) is 0 Å². The highest BCUT2D eigenvalue weighted by atomic mass is 35.5. The summed E-state index contributed by atoms with van der Waals surface area (Å²) in [5.74, 6) is 0. The van der Waals surface area contributed by atoms with Crippen molar-refractivity contribution in [3.63, 3.8) is 0 Å². The number of aldehydes is 1. The van der Waals surface area contributed by atoms with E-state index >= 15 is 0 Å². The average molecular weight is 314 g/mol. The lowest BCUT2D eigenvalue weighted by molar-refractivity contribution is -0.108. The molecule has 0 fully saturated rings. The van der Waals surface area contributed by atoms with Gasteiger partial charge >= 0.3 is 0 Å². The van der Waals surface area contributed by atoms with Crippen LogP contribution in [0.2, 0.25) is 10.3 Å². The van der Waals surface area contributed by atoms with Crippen molar-refractivity contribution in [1.82, 2.24) is 9.55 Å². The van der Waals surface area contributed by atoms with Gasteiger partial charge in [0.05, 0.1) is 16.2 Å². The number of nitrogens with zero attached hydrogens (tertiary/aromatic N) is 3. The summed E-state index contributed by atoms with van der Waals surface area (Å²) in [6.45, 7) is 6.45. The Labute approximate surface area is 128 Å². The Hall–Kier alpha value is -1.26. The van der Waals surface area contributed by atoms with E-state index < -0.39 is 0 Å². The minimum atomic E-state index is 0.364. The summed E-state index contributed by atoms with van der Waals surface area (Å²) < 4.78 is 1.85. The number of benzene rings is 1. The number of aryl methyl sites for hydroxylation is 1. The van der Waals surface area contributed by atoms with Crippen LogP contribution in [0.3, 0.4) is 0 Å². The van der Waals surface area contributed by atoms with E-state index in [1.165, 1.54) is 0 Å². The van der Waals surface area contributed by atoms with Crippen LogP contribution >= 0.6 is 23.2 Å². The molecule has 6 heteroatoms. The Balaban J connectivity index is 2.68. The predicted octanol–water partition coefficient (Wildman–Crippen LogP) is 3.78. The van der Waals surface area contributed by atoms with Gasteiger partial charge in [0.1, 0.15) is 11.8 Å². The number of carbonyl (C=O) groups excluding carboxylic acids is 1. The molecule has 2 aromatic rings. The fraction of sp³-hybridized carbons (Fsp3) is 0.429. The van der Waals surface area contributed by atoms with Crippen LogP contribution in [0.5, 0.6) is 0 Å². The number of aromatic nitrogens is 2. The number of fused-ring (bicyclic) bond motifs is 1. The van der Waals surface area contributed by atoms with Gasteiger partial charge in [0.25, 0.3) is 0 Å². The fourth-order valence-corrected chi connectivity index (χ4v) is 2.82. The van der Waals surface area contributed by atoms with E-state index in [0.717, 1.165) is 30.6 Å². The second-order valence-electron chi connectivity index (χ2n) is 4.42. The summed E-state index contributed by atoms with van der Waals surface area (Å²) in [6.07, 6.45) is 1.28. The molecule has 0 atom stereocenters. The summed E-state index contributed by atoms with van der Waals surface area (Å²) >= 11 is 12.4. The molecule has 4 nitrogen and oxygen atoms in total. The van der Waals surface area contributed by atoms with Gasteiger partial charge in [-0.15, -0.1) is 0 Å². The van der Waals surface area contributed by atoms with Gasteiger partial charge in [0.2, 0.25) is 5.28 Å². The number of rotatable bonds is 6. The number of halogens is 2. The SMILES string of the molecule is CCN(CC)c1ccc(Cl)c2nc(Cl)n(CCC=O)c12. The Morgan fingerprint density at radius 2 is 2.00 bits per heavy atom. The van der Waals surface area contributed by atoms with Crippen LogP contribution in [-0.2, 0) is 11.3 Å². The zero-order valence-corrected chi connectivity index (χ0v) is 13.1. The van der Waals surface area contributed by atoms with E-state index in [-0.39, 0.29) is 0 Å². The zero-order chi connectivity index (χ0) is 14.7. The van der Waals surface area contributed by atoms with Crippen molar-refractivity contribution >= 4 is 46.2 Å². The third-order valence-electron chi connectivity index (χ3n) is 3.35. The second-order valence-corrected chi connectivity index (χ2v) is 5.17. The molecular formula is C14H17Cl2N3O. The van der Waals surface area contributed by atoms with E-state index in [0.29, 0.717) is 28.8 Å². The van der Waals surface area contributed by atoms with Gasteiger partial charge in [0, 0.05) is 26.1 Å². The van der Waals surface area contributed by atoms with E-state index in [4.69, 9.17) is 23.2 Å². The van der Waals surface area contributed by atoms with Crippen molar-refractivity contribution in [2.24, 2.45) is 0 Å². The lowest BCUT2D eigenvalue weighted by atomic mass is 10.2. The standard InChI is InChI=1S/C14H17Cl2N3O/c1-3-18(4-2)11-7-6-10(15)12-13(11)19(8-5-9-20)14(16)17-12/h6-7,9H,3-5,8H2,1-2H3. The largest absolute Gasteiger partial charge is 0.370 e. The number of imidazole rings is 1. The van der Waals surface area contributed by atoms with Crippen LogP contribution < -0.4 is 4.90 Å². The number of hydrogen-bond donors (Lipinski definition) is 0. The molecule has 2 rings (SSSR count). The first kappa shape index (κ1) is 15.1. The first-order valence-electron chi connectivity index (χ1n) is 6.66. The van der Waals surface area contributed by atoms with Crippen LogP contribution in [0.4, 0.5) is 5.69 Å². The van der Waals surface area contributed by atoms with Crippen LogP contribution in [-0.4, -0.2) is 28.9 Å². The summed E-state index contributed by atoms with van der Waals surface area (Å²) in [4.78, 5) is 17.2. The van der Waals surface area contributed by atoms with Gasteiger partial charge in [-0.1, -0.05) is 11.6 Å². The molecule has 108 valence electrons. The molecule has 1 aromatic carbocycles. The monoisotopic (exact) mass is 313 g/mol. The molecule has 0 spiro atoms. The zero-order valence-electron chi connectivity index (χ0n) is 11.6. The molecule has 0 aliphatic heterocycles. The Kier molecular flexibility index (Phi) is 4.89. The molecule has 0 unspecified atom stereocenters. The molecule has 0 bridgehead atoms. The Bertz CT molecular complexity index is 620. The van der Waals surface area contributed by atoms with Crippen molar-refractivity contribution in [2.45, 2.75) is 26.8 Å². The van der Waals surface area contributed by atoms with Crippen molar-refractivity contribution < 1.29 is 4.79 Å². The molecular weight excluding hydrogens is 297 g/mol. The minimum absolute atomic E-state index is 0.364. The van der Waals surface area contributed by atoms with Crippen LogP contribution in [0.25, 0.3) is 11.0 Å². The van der Waals surface area contributed by atoms with E-state index in [9.17, 15) is 4.79 Å². The maximum absolute atomic E-state index is 10.6. The molecule has 0 aliphatic rings. The Morgan fingerprint density at radius 3 is 2.60 bits per heavy atom. The lowest BCUT2D eigenvalue weighted by Crippen LogP contribution is -2.22. The molecule has 20 heavy (non-hydrogen) atoms. The van der Waals surface area contributed by atoms with Gasteiger partial charge in [0.15, 0.2) is 0 Å². The number of anilines is 1. The highest BCUT2D eigenvalue weighted by molar-refractivity contribution is 6.36. The lowest BCUT2D eigenvalue weighted by Gasteiger charge is -2.23. The van der Waals surface area contributed by atoms with Crippen molar-refractivity contribution in [1.29, 1.82) is 0 Å². The first-order chi connectivity index (χ1) is 9.63. The van der Waals surface area contributed by atoms with Crippen molar-refractivity contribution in [2.75, 3.05) is 18.0 Å². The molecule has 1 heterocycles. The van der Waals surface area contributed by atoms with Crippen molar-refractivity contribution in [3.05, 3.63) is 22.4 Å². The second kappa shape index (κ2) is 6.46. The van der Waals surface area contributed by atoms with Gasteiger partial charge in [-0.05, 0) is 37.6 Å². The van der Waals surface area contributed by atoms with Crippen LogP contribution in [0, 0.1) is 0 Å². The summed E-state index contributed by atoms with van der Waals surface area (Å²) in [5.41, 5.74) is 2.62. The van der Waals surface area contributed by atoms with Gasteiger partial charge < -0.3 is 14.3 Å². The van der Waals surface area contributed by atoms with Crippen LogP contribution in [0.1, 0.15) is 20.3 Å². The van der Waals surface area contributed by atoms with Gasteiger partial charge in [-0.25, -0.2) is 4.98 Å². The quantitative estimate of drug-likeness (QED) is 0.762. The summed E-state index contributed by atoms with van der Waals surface area (Å²) in [7, 11) is 0. The number of hydrogen-bond acceptors (Lipinski definition) is 3. The van der Waals surface area contributed by atoms with Crippen LogP contribution in [0.15, 0.2) is 12.1 Å². The van der Waals surface area contributed by atoms with Crippen molar-refractivity contribution in [3.8, 4) is 0 Å².